The monoisotopic (exact) mass is 576 g/mol. The summed E-state index contributed by atoms with van der Waals surface area (Å²) in [5.74, 6) is -3.45. The number of carboxylic acids is 1. The van der Waals surface area contributed by atoms with Crippen LogP contribution in [0.15, 0.2) is 6.07 Å². The van der Waals surface area contributed by atoms with E-state index in [2.05, 4.69) is 9.97 Å². The second kappa shape index (κ2) is 13.1. The number of ether oxygens (including phenoxy) is 4. The van der Waals surface area contributed by atoms with E-state index in [1.165, 1.54) is 83.1 Å². The van der Waals surface area contributed by atoms with E-state index in [0.717, 1.165) is 6.07 Å². The Kier molecular flexibility index (Phi) is 12.2. The SMILES string of the molecule is CC(C)(C)OC(=O)N(C(=O)OC(C)(C)C)c1cc(C(=O)[O-])nc(N(C(=O)OC(C)(C)C)C(=O)OC(C)(C)C)n1.[Na+]. The van der Waals surface area contributed by atoms with Crippen LogP contribution in [0.4, 0.5) is 30.9 Å². The molecule has 14 nitrogen and oxygen atoms in total. The second-order valence-electron chi connectivity index (χ2n) is 12.3. The Morgan fingerprint density at radius 2 is 0.900 bits per heavy atom. The number of hydrogen-bond acceptors (Lipinski definition) is 12. The Bertz CT molecular complexity index is 994. The van der Waals surface area contributed by atoms with Crippen LogP contribution in [0.5, 0.6) is 0 Å². The summed E-state index contributed by atoms with van der Waals surface area (Å²) in [6.07, 6.45) is -5.21. The van der Waals surface area contributed by atoms with Gasteiger partial charge in [0, 0.05) is 6.07 Å². The van der Waals surface area contributed by atoms with E-state index in [-0.39, 0.29) is 34.5 Å². The largest absolute Gasteiger partial charge is 1.00 e. The Labute approximate surface area is 256 Å². The van der Waals surface area contributed by atoms with Crippen molar-refractivity contribution in [3.05, 3.63) is 11.8 Å². The van der Waals surface area contributed by atoms with Crippen molar-refractivity contribution in [2.24, 2.45) is 0 Å². The van der Waals surface area contributed by atoms with E-state index in [4.69, 9.17) is 18.9 Å². The normalized spacial score (nSPS) is 11.9. The van der Waals surface area contributed by atoms with Crippen LogP contribution in [0.25, 0.3) is 0 Å². The molecule has 15 heteroatoms. The van der Waals surface area contributed by atoms with Gasteiger partial charge in [0.25, 0.3) is 0 Å². The predicted octanol–water partition coefficient (Wildman–Crippen LogP) is 1.20. The van der Waals surface area contributed by atoms with Gasteiger partial charge < -0.3 is 28.8 Å². The number of nitrogens with zero attached hydrogens (tertiary/aromatic N) is 4. The van der Waals surface area contributed by atoms with Crippen molar-refractivity contribution in [2.75, 3.05) is 9.80 Å². The molecule has 0 bridgehead atoms. The van der Waals surface area contributed by atoms with Gasteiger partial charge in [-0.05, 0) is 83.1 Å². The Morgan fingerprint density at radius 3 is 1.18 bits per heavy atom. The standard InChI is InChI=1S/C25H38N4O10.Na/c1-22(2,3)36-18(32)28(19(33)37-23(4,5)6)15-13-14(16(30)31)26-17(27-15)29(20(34)38-24(7,8)9)21(35)39-25(10,11)12;/h13H,1-12H3,(H,30,31);/q;+1/p-1. The summed E-state index contributed by atoms with van der Waals surface area (Å²) < 4.78 is 21.1. The minimum Gasteiger partial charge on any atom is -0.543 e. The Hall–Kier alpha value is -2.97. The number of aromatic carboxylic acids is 1. The van der Waals surface area contributed by atoms with Crippen molar-refractivity contribution in [1.29, 1.82) is 0 Å². The molecule has 1 aromatic rings. The predicted molar refractivity (Wildman–Crippen MR) is 136 cm³/mol. The molecule has 0 saturated carbocycles. The fourth-order valence-electron chi connectivity index (χ4n) is 2.47. The Morgan fingerprint density at radius 1 is 0.600 bits per heavy atom. The van der Waals surface area contributed by atoms with E-state index in [1.807, 2.05) is 0 Å². The van der Waals surface area contributed by atoms with E-state index >= 15 is 0 Å². The van der Waals surface area contributed by atoms with Gasteiger partial charge >= 0.3 is 53.9 Å². The van der Waals surface area contributed by atoms with Gasteiger partial charge in [0.15, 0.2) is 5.82 Å². The number of imide groups is 2. The number of hydrogen-bond donors (Lipinski definition) is 0. The molecular formula is C25H37N4NaO10. The van der Waals surface area contributed by atoms with Gasteiger partial charge in [-0.2, -0.15) is 9.88 Å². The zero-order valence-corrected chi connectivity index (χ0v) is 27.4. The van der Waals surface area contributed by atoms with Gasteiger partial charge in [-0.1, -0.05) is 0 Å². The number of carbonyl (C=O) groups excluding carboxylic acids is 5. The van der Waals surface area contributed by atoms with Gasteiger partial charge in [0.1, 0.15) is 22.4 Å². The molecule has 0 radical (unpaired) electrons. The third kappa shape index (κ3) is 12.5. The molecular weight excluding hydrogens is 539 g/mol. The molecule has 1 heterocycles. The first-order chi connectivity index (χ1) is 17.3. The molecule has 0 atom stereocenters. The molecule has 0 aliphatic rings. The molecule has 1 rings (SSSR count). The van der Waals surface area contributed by atoms with Crippen molar-refractivity contribution in [2.45, 2.75) is 105 Å². The molecule has 4 amide bonds. The maximum absolute atomic E-state index is 13.1. The van der Waals surface area contributed by atoms with Crippen LogP contribution < -0.4 is 44.5 Å². The second-order valence-corrected chi connectivity index (χ2v) is 12.3. The van der Waals surface area contributed by atoms with E-state index in [9.17, 15) is 29.1 Å². The van der Waals surface area contributed by atoms with Gasteiger partial charge in [-0.15, -0.1) is 4.90 Å². The van der Waals surface area contributed by atoms with Gasteiger partial charge in [0.05, 0.1) is 11.7 Å². The minimum absolute atomic E-state index is 0. The van der Waals surface area contributed by atoms with Crippen molar-refractivity contribution >= 4 is 42.1 Å². The third-order valence-corrected chi connectivity index (χ3v) is 3.64. The summed E-state index contributed by atoms with van der Waals surface area (Å²) in [5, 5.41) is 11.8. The van der Waals surface area contributed by atoms with Crippen LogP contribution in [0.3, 0.4) is 0 Å². The van der Waals surface area contributed by atoms with Crippen LogP contribution in [-0.2, 0) is 18.9 Å². The number of anilines is 2. The summed E-state index contributed by atoms with van der Waals surface area (Å²) in [6, 6.07) is 0.717. The molecule has 0 N–H and O–H groups in total. The summed E-state index contributed by atoms with van der Waals surface area (Å²) in [4.78, 5) is 72.3. The molecule has 40 heavy (non-hydrogen) atoms. The molecule has 0 fully saturated rings. The number of rotatable bonds is 3. The van der Waals surface area contributed by atoms with Gasteiger partial charge in [-0.3, -0.25) is 0 Å². The summed E-state index contributed by atoms with van der Waals surface area (Å²) in [7, 11) is 0. The fourth-order valence-corrected chi connectivity index (χ4v) is 2.47. The molecule has 0 aliphatic carbocycles. The van der Waals surface area contributed by atoms with Crippen LogP contribution in [0.2, 0.25) is 0 Å². The van der Waals surface area contributed by atoms with Crippen molar-refractivity contribution in [3.8, 4) is 0 Å². The molecule has 218 valence electrons. The zero-order chi connectivity index (χ0) is 30.7. The van der Waals surface area contributed by atoms with Gasteiger partial charge in [-0.25, -0.2) is 24.2 Å². The van der Waals surface area contributed by atoms with Crippen LogP contribution in [-0.4, -0.2) is 62.7 Å². The van der Waals surface area contributed by atoms with Crippen molar-refractivity contribution < 1.29 is 77.6 Å². The molecule has 0 aromatic carbocycles. The Balaban J connectivity index is 0.0000152. The summed E-state index contributed by atoms with van der Waals surface area (Å²) in [6.45, 7) is 18.3. The maximum atomic E-state index is 13.1. The zero-order valence-electron chi connectivity index (χ0n) is 25.4. The van der Waals surface area contributed by atoms with Crippen molar-refractivity contribution in [1.82, 2.24) is 9.97 Å². The summed E-state index contributed by atoms with van der Waals surface area (Å²) in [5.41, 5.74) is -5.28. The fraction of sp³-hybridized carbons (Fsp3) is 0.640. The van der Waals surface area contributed by atoms with Crippen LogP contribution in [0, 0.1) is 0 Å². The van der Waals surface area contributed by atoms with E-state index in [0.29, 0.717) is 4.90 Å². The number of aromatic nitrogens is 2. The molecule has 0 spiro atoms. The number of amides is 4. The average molecular weight is 577 g/mol. The number of carboxylic acid groups (broad SMARTS) is 1. The smallest absolute Gasteiger partial charge is 0.543 e. The third-order valence-electron chi connectivity index (χ3n) is 3.64. The first-order valence-corrected chi connectivity index (χ1v) is 11.9. The topological polar surface area (TPSA) is 178 Å². The molecule has 0 aliphatic heterocycles. The minimum atomic E-state index is -1.87. The maximum Gasteiger partial charge on any atom is 1.00 e. The molecule has 0 unspecified atom stereocenters. The van der Waals surface area contributed by atoms with Gasteiger partial charge in [0.2, 0.25) is 5.95 Å². The first-order valence-electron chi connectivity index (χ1n) is 11.9. The first kappa shape index (κ1) is 37.0. The van der Waals surface area contributed by atoms with Crippen LogP contribution >= 0.6 is 0 Å². The van der Waals surface area contributed by atoms with E-state index in [1.54, 1.807) is 0 Å². The van der Waals surface area contributed by atoms with E-state index < -0.39 is 70.2 Å². The molecule has 1 aromatic heterocycles. The quantitative estimate of drug-likeness (QED) is 0.371. The van der Waals surface area contributed by atoms with Crippen LogP contribution in [0.1, 0.15) is 93.6 Å². The average Bonchev–Trinajstić information content (AvgIpc) is 2.61. The summed E-state index contributed by atoms with van der Waals surface area (Å²) >= 11 is 0. The van der Waals surface area contributed by atoms with Crippen molar-refractivity contribution in [3.63, 3.8) is 0 Å². The molecule has 0 saturated heterocycles. The number of carbonyl (C=O) groups is 5.